The molecule has 1 aliphatic heterocycles. The van der Waals surface area contributed by atoms with Crippen LogP contribution in [0.3, 0.4) is 0 Å². The number of piperidine rings is 1. The van der Waals surface area contributed by atoms with Crippen molar-refractivity contribution < 1.29 is 19.5 Å². The van der Waals surface area contributed by atoms with E-state index in [0.717, 1.165) is 0 Å². The molecule has 21 heavy (non-hydrogen) atoms. The fourth-order valence-corrected chi connectivity index (χ4v) is 2.95. The molecule has 0 radical (unpaired) electrons. The first-order chi connectivity index (χ1) is 10.1. The molecule has 0 unspecified atom stereocenters. The lowest BCUT2D eigenvalue weighted by atomic mass is 9.97. The molecule has 2 N–H and O–H groups in total. The maximum absolute atomic E-state index is 12.0. The Kier molecular flexibility index (Phi) is 5.32. The van der Waals surface area contributed by atoms with E-state index in [9.17, 15) is 14.4 Å². The molecule has 2 heterocycles. The van der Waals surface area contributed by atoms with Gasteiger partial charge in [0.2, 0.25) is 5.91 Å². The van der Waals surface area contributed by atoms with Crippen molar-refractivity contribution in [2.45, 2.75) is 19.3 Å². The maximum Gasteiger partial charge on any atom is 0.306 e. The highest BCUT2D eigenvalue weighted by molar-refractivity contribution is 7.08. The molecular formula is C14H18N2O4S. The summed E-state index contributed by atoms with van der Waals surface area (Å²) in [5, 5.41) is 15.2. The molecule has 114 valence electrons. The van der Waals surface area contributed by atoms with Crippen molar-refractivity contribution in [3.63, 3.8) is 0 Å². The summed E-state index contributed by atoms with van der Waals surface area (Å²) in [6.07, 6.45) is 1.25. The minimum atomic E-state index is -0.787. The Labute approximate surface area is 126 Å². The van der Waals surface area contributed by atoms with E-state index >= 15 is 0 Å². The highest BCUT2D eigenvalue weighted by Gasteiger charge is 2.26. The van der Waals surface area contributed by atoms with Crippen LogP contribution in [0.5, 0.6) is 0 Å². The number of carboxylic acids is 1. The summed E-state index contributed by atoms with van der Waals surface area (Å²) >= 11 is 1.45. The Morgan fingerprint density at radius 3 is 2.62 bits per heavy atom. The second-order valence-electron chi connectivity index (χ2n) is 5.01. The molecule has 1 fully saturated rings. The van der Waals surface area contributed by atoms with Crippen LogP contribution in [0.1, 0.15) is 29.6 Å². The molecule has 7 heteroatoms. The summed E-state index contributed by atoms with van der Waals surface area (Å²) in [6, 6.07) is 1.73. The van der Waals surface area contributed by atoms with Crippen molar-refractivity contribution in [3.05, 3.63) is 22.4 Å². The number of carbonyl (C=O) groups is 3. The normalized spacial score (nSPS) is 15.7. The average Bonchev–Trinajstić information content (AvgIpc) is 3.01. The molecule has 1 saturated heterocycles. The van der Waals surface area contributed by atoms with Gasteiger partial charge >= 0.3 is 5.97 Å². The summed E-state index contributed by atoms with van der Waals surface area (Å²) in [7, 11) is 0. The molecule has 0 aromatic carbocycles. The molecule has 0 spiro atoms. The van der Waals surface area contributed by atoms with Crippen LogP contribution in [0.2, 0.25) is 0 Å². The quantitative estimate of drug-likeness (QED) is 0.855. The van der Waals surface area contributed by atoms with Gasteiger partial charge in [0.05, 0.1) is 5.92 Å². The Morgan fingerprint density at radius 1 is 1.33 bits per heavy atom. The number of amides is 2. The Bertz CT molecular complexity index is 507. The van der Waals surface area contributed by atoms with Gasteiger partial charge in [-0.3, -0.25) is 14.4 Å². The summed E-state index contributed by atoms with van der Waals surface area (Å²) in [4.78, 5) is 36.2. The monoisotopic (exact) mass is 310 g/mol. The van der Waals surface area contributed by atoms with E-state index in [1.54, 1.807) is 16.3 Å². The van der Waals surface area contributed by atoms with Gasteiger partial charge in [-0.05, 0) is 24.3 Å². The van der Waals surface area contributed by atoms with Gasteiger partial charge in [-0.25, -0.2) is 0 Å². The largest absolute Gasteiger partial charge is 0.481 e. The molecule has 6 nitrogen and oxygen atoms in total. The van der Waals surface area contributed by atoms with E-state index in [2.05, 4.69) is 5.32 Å². The number of carboxylic acid groups (broad SMARTS) is 1. The molecule has 0 atom stereocenters. The van der Waals surface area contributed by atoms with Crippen molar-refractivity contribution >= 4 is 29.1 Å². The maximum atomic E-state index is 12.0. The van der Waals surface area contributed by atoms with E-state index < -0.39 is 5.97 Å². The fraction of sp³-hybridized carbons (Fsp3) is 0.500. The van der Waals surface area contributed by atoms with Gasteiger partial charge in [-0.1, -0.05) is 0 Å². The smallest absolute Gasteiger partial charge is 0.306 e. The van der Waals surface area contributed by atoms with Crippen molar-refractivity contribution in [1.82, 2.24) is 10.2 Å². The molecule has 0 aliphatic carbocycles. The molecule has 2 rings (SSSR count). The molecule has 0 bridgehead atoms. The second kappa shape index (κ2) is 7.21. The zero-order valence-electron chi connectivity index (χ0n) is 11.6. The molecule has 1 aromatic heterocycles. The van der Waals surface area contributed by atoms with Gasteiger partial charge in [-0.15, -0.1) is 0 Å². The first kappa shape index (κ1) is 15.5. The van der Waals surface area contributed by atoms with Crippen LogP contribution in [0.4, 0.5) is 0 Å². The van der Waals surface area contributed by atoms with Crippen molar-refractivity contribution in [3.8, 4) is 0 Å². The third kappa shape index (κ3) is 4.29. The number of nitrogens with zero attached hydrogens (tertiary/aromatic N) is 1. The second-order valence-corrected chi connectivity index (χ2v) is 5.79. The zero-order chi connectivity index (χ0) is 15.2. The van der Waals surface area contributed by atoms with Gasteiger partial charge < -0.3 is 15.3 Å². The van der Waals surface area contributed by atoms with Crippen LogP contribution >= 0.6 is 11.3 Å². The van der Waals surface area contributed by atoms with Crippen LogP contribution in [-0.4, -0.2) is 47.4 Å². The van der Waals surface area contributed by atoms with Crippen molar-refractivity contribution in [2.75, 3.05) is 19.6 Å². The van der Waals surface area contributed by atoms with Crippen LogP contribution in [0, 0.1) is 5.92 Å². The third-order valence-corrected chi connectivity index (χ3v) is 4.29. The Morgan fingerprint density at radius 2 is 2.05 bits per heavy atom. The average molecular weight is 310 g/mol. The number of hydrogen-bond donors (Lipinski definition) is 2. The summed E-state index contributed by atoms with van der Waals surface area (Å²) in [6.45, 7) is 1.26. The first-order valence-corrected chi connectivity index (χ1v) is 7.83. The van der Waals surface area contributed by atoms with Crippen LogP contribution in [0.15, 0.2) is 16.8 Å². The van der Waals surface area contributed by atoms with Gasteiger partial charge in [0.25, 0.3) is 5.91 Å². The predicted octanol–water partition coefficient (Wildman–Crippen LogP) is 1.19. The number of hydrogen-bond acceptors (Lipinski definition) is 4. The van der Waals surface area contributed by atoms with Crippen molar-refractivity contribution in [2.24, 2.45) is 5.92 Å². The first-order valence-electron chi connectivity index (χ1n) is 6.89. The molecule has 0 saturated carbocycles. The molecule has 1 aliphatic rings. The summed E-state index contributed by atoms with van der Waals surface area (Å²) in [5.41, 5.74) is 0.606. The van der Waals surface area contributed by atoms with E-state index in [1.807, 2.05) is 5.38 Å². The van der Waals surface area contributed by atoms with Gasteiger partial charge in [0.15, 0.2) is 0 Å². The number of nitrogens with one attached hydrogen (secondary N) is 1. The minimum Gasteiger partial charge on any atom is -0.481 e. The SMILES string of the molecule is O=C(NCCC(=O)N1CCC(C(=O)O)CC1)c1ccsc1. The number of aliphatic carboxylic acids is 1. The van der Waals surface area contributed by atoms with Crippen LogP contribution in [-0.2, 0) is 9.59 Å². The van der Waals surface area contributed by atoms with Gasteiger partial charge in [0.1, 0.15) is 0 Å². The van der Waals surface area contributed by atoms with Gasteiger partial charge in [-0.2, -0.15) is 11.3 Å². The van der Waals surface area contributed by atoms with E-state index in [4.69, 9.17) is 5.11 Å². The van der Waals surface area contributed by atoms with E-state index in [1.165, 1.54) is 11.3 Å². The topological polar surface area (TPSA) is 86.7 Å². The highest BCUT2D eigenvalue weighted by atomic mass is 32.1. The van der Waals surface area contributed by atoms with Crippen LogP contribution < -0.4 is 5.32 Å². The van der Waals surface area contributed by atoms with E-state index in [0.29, 0.717) is 38.0 Å². The minimum absolute atomic E-state index is 0.0375. The lowest BCUT2D eigenvalue weighted by Crippen LogP contribution is -2.41. The molecular weight excluding hydrogens is 292 g/mol. The van der Waals surface area contributed by atoms with Crippen molar-refractivity contribution in [1.29, 1.82) is 0 Å². The number of thiophene rings is 1. The Balaban J connectivity index is 1.68. The standard InChI is InChI=1S/C14H18N2O4S/c17-12(16-6-2-10(3-7-16)14(19)20)1-5-15-13(18)11-4-8-21-9-11/h4,8-10H,1-3,5-7H2,(H,15,18)(H,19,20). The zero-order valence-corrected chi connectivity index (χ0v) is 12.4. The van der Waals surface area contributed by atoms with Gasteiger partial charge in [0, 0.05) is 37.0 Å². The lowest BCUT2D eigenvalue weighted by Gasteiger charge is -2.30. The number of rotatable bonds is 5. The van der Waals surface area contributed by atoms with Crippen LogP contribution in [0.25, 0.3) is 0 Å². The fourth-order valence-electron chi connectivity index (χ4n) is 2.31. The Hall–Kier alpha value is -1.89. The molecule has 2 amide bonds. The third-order valence-electron chi connectivity index (χ3n) is 3.60. The number of likely N-dealkylation sites (tertiary alicyclic amines) is 1. The lowest BCUT2D eigenvalue weighted by molar-refractivity contribution is -0.145. The summed E-state index contributed by atoms with van der Waals surface area (Å²) < 4.78 is 0. The van der Waals surface area contributed by atoms with E-state index in [-0.39, 0.29) is 24.2 Å². The number of carbonyl (C=O) groups excluding carboxylic acids is 2. The highest BCUT2D eigenvalue weighted by Crippen LogP contribution is 2.17. The molecule has 1 aromatic rings. The summed E-state index contributed by atoms with van der Waals surface area (Å²) in [5.74, 6) is -1.34. The predicted molar refractivity (Wildman–Crippen MR) is 78.2 cm³/mol.